The molecule has 32 heavy (non-hydrogen) atoms. The van der Waals surface area contributed by atoms with Crippen molar-refractivity contribution in [3.8, 4) is 17.3 Å². The Hall–Kier alpha value is -3.43. The van der Waals surface area contributed by atoms with Crippen molar-refractivity contribution in [1.29, 1.82) is 0 Å². The van der Waals surface area contributed by atoms with Gasteiger partial charge in [-0.25, -0.2) is 9.97 Å². The molecule has 1 amide bonds. The van der Waals surface area contributed by atoms with E-state index in [0.29, 0.717) is 24.0 Å². The number of aromatic nitrogens is 3. The smallest absolute Gasteiger partial charge is 0.439 e. The Morgan fingerprint density at radius 3 is 2.72 bits per heavy atom. The van der Waals surface area contributed by atoms with Crippen molar-refractivity contribution in [2.45, 2.75) is 50.4 Å². The maximum atomic E-state index is 12.7. The molecule has 1 atom stereocenters. The van der Waals surface area contributed by atoms with Crippen molar-refractivity contribution >= 4 is 5.91 Å². The van der Waals surface area contributed by atoms with Gasteiger partial charge in [0, 0.05) is 41.2 Å². The molecule has 1 N–H and O–H groups in total. The number of halogens is 3. The SMILES string of the molecule is O=C(N[C@@H]1CCCc2nc(-c3ccnc(C4CC4)c3)oc21)c1ccnc(OC(F)(F)F)c1. The van der Waals surface area contributed by atoms with Crippen LogP contribution in [0.5, 0.6) is 5.88 Å². The predicted octanol–water partition coefficient (Wildman–Crippen LogP) is 4.72. The summed E-state index contributed by atoms with van der Waals surface area (Å²) in [6.45, 7) is 0. The molecule has 3 aromatic heterocycles. The molecule has 0 radical (unpaired) electrons. The first-order valence-electron chi connectivity index (χ1n) is 10.3. The van der Waals surface area contributed by atoms with Crippen LogP contribution in [0.25, 0.3) is 11.5 Å². The number of hydrogen-bond donors (Lipinski definition) is 1. The summed E-state index contributed by atoms with van der Waals surface area (Å²) in [5, 5.41) is 2.84. The van der Waals surface area contributed by atoms with Crippen molar-refractivity contribution in [1.82, 2.24) is 20.3 Å². The number of nitrogens with zero attached hydrogens (tertiary/aromatic N) is 3. The van der Waals surface area contributed by atoms with E-state index in [-0.39, 0.29) is 5.56 Å². The molecule has 1 fully saturated rings. The minimum atomic E-state index is -4.89. The van der Waals surface area contributed by atoms with E-state index in [4.69, 9.17) is 4.42 Å². The van der Waals surface area contributed by atoms with Gasteiger partial charge in [0.05, 0.1) is 11.7 Å². The molecular formula is C22H19F3N4O3. The molecule has 3 heterocycles. The molecule has 5 rings (SSSR count). The van der Waals surface area contributed by atoms with Crippen LogP contribution < -0.4 is 10.1 Å². The first-order valence-corrected chi connectivity index (χ1v) is 10.3. The van der Waals surface area contributed by atoms with Crippen molar-refractivity contribution in [2.75, 3.05) is 0 Å². The van der Waals surface area contributed by atoms with Gasteiger partial charge in [-0.15, -0.1) is 13.2 Å². The largest absolute Gasteiger partial charge is 0.574 e. The fraction of sp³-hybridized carbons (Fsp3) is 0.364. The molecule has 3 aromatic rings. The molecule has 0 saturated heterocycles. The second-order valence-corrected chi connectivity index (χ2v) is 7.92. The highest BCUT2D eigenvalue weighted by Crippen LogP contribution is 2.40. The monoisotopic (exact) mass is 444 g/mol. The predicted molar refractivity (Wildman–Crippen MR) is 106 cm³/mol. The zero-order valence-corrected chi connectivity index (χ0v) is 16.9. The molecule has 10 heteroatoms. The van der Waals surface area contributed by atoms with Gasteiger partial charge in [0.25, 0.3) is 5.91 Å². The fourth-order valence-electron chi connectivity index (χ4n) is 3.83. The van der Waals surface area contributed by atoms with Crippen LogP contribution in [0.4, 0.5) is 13.2 Å². The van der Waals surface area contributed by atoms with Gasteiger partial charge in [0.2, 0.25) is 11.8 Å². The lowest BCUT2D eigenvalue weighted by atomic mass is 9.97. The zero-order chi connectivity index (χ0) is 22.3. The number of alkyl halides is 3. The summed E-state index contributed by atoms with van der Waals surface area (Å²) in [6, 6.07) is 5.68. The van der Waals surface area contributed by atoms with Crippen LogP contribution in [0.3, 0.4) is 0 Å². The van der Waals surface area contributed by atoms with E-state index < -0.39 is 24.2 Å². The van der Waals surface area contributed by atoms with Crippen molar-refractivity contribution in [2.24, 2.45) is 0 Å². The minimum Gasteiger partial charge on any atom is -0.439 e. The third-order valence-electron chi connectivity index (χ3n) is 5.50. The molecule has 2 aliphatic carbocycles. The summed E-state index contributed by atoms with van der Waals surface area (Å²) in [4.78, 5) is 25.2. The highest BCUT2D eigenvalue weighted by molar-refractivity contribution is 5.94. The maximum absolute atomic E-state index is 12.7. The van der Waals surface area contributed by atoms with Crippen LogP contribution >= 0.6 is 0 Å². The second kappa shape index (κ2) is 7.92. The lowest BCUT2D eigenvalue weighted by Crippen LogP contribution is -2.30. The van der Waals surface area contributed by atoms with Crippen molar-refractivity contribution in [3.63, 3.8) is 0 Å². The average Bonchev–Trinajstić information content (AvgIpc) is 3.51. The summed E-state index contributed by atoms with van der Waals surface area (Å²) in [5.74, 6) is 0.310. The van der Waals surface area contributed by atoms with Gasteiger partial charge in [0.15, 0.2) is 0 Å². The Morgan fingerprint density at radius 2 is 1.94 bits per heavy atom. The van der Waals surface area contributed by atoms with Crippen LogP contribution in [-0.2, 0) is 6.42 Å². The van der Waals surface area contributed by atoms with Crippen LogP contribution in [-0.4, -0.2) is 27.2 Å². The number of aryl methyl sites for hydroxylation is 1. The van der Waals surface area contributed by atoms with E-state index in [9.17, 15) is 18.0 Å². The second-order valence-electron chi connectivity index (χ2n) is 7.92. The van der Waals surface area contributed by atoms with Gasteiger partial charge in [-0.1, -0.05) is 0 Å². The van der Waals surface area contributed by atoms with Crippen LogP contribution in [0, 0.1) is 0 Å². The van der Waals surface area contributed by atoms with E-state index in [1.54, 1.807) is 6.20 Å². The topological polar surface area (TPSA) is 90.1 Å². The van der Waals surface area contributed by atoms with E-state index >= 15 is 0 Å². The highest BCUT2D eigenvalue weighted by Gasteiger charge is 2.33. The summed E-state index contributed by atoms with van der Waals surface area (Å²) < 4.78 is 47.2. The molecule has 0 bridgehead atoms. The van der Waals surface area contributed by atoms with E-state index in [1.165, 1.54) is 6.07 Å². The fourth-order valence-corrected chi connectivity index (χ4v) is 3.83. The third-order valence-corrected chi connectivity index (χ3v) is 5.50. The maximum Gasteiger partial charge on any atom is 0.574 e. The number of hydrogen-bond acceptors (Lipinski definition) is 6. The number of rotatable bonds is 5. The Balaban J connectivity index is 1.35. The number of amides is 1. The van der Waals surface area contributed by atoms with Gasteiger partial charge < -0.3 is 14.5 Å². The van der Waals surface area contributed by atoms with E-state index in [1.807, 2.05) is 12.1 Å². The summed E-state index contributed by atoms with van der Waals surface area (Å²) in [5.41, 5.74) is 2.65. The van der Waals surface area contributed by atoms with Crippen LogP contribution in [0.15, 0.2) is 41.1 Å². The summed E-state index contributed by atoms with van der Waals surface area (Å²) in [7, 11) is 0. The lowest BCUT2D eigenvalue weighted by molar-refractivity contribution is -0.276. The number of ether oxygens (including phenoxy) is 1. The summed E-state index contributed by atoms with van der Waals surface area (Å²) >= 11 is 0. The molecule has 7 nitrogen and oxygen atoms in total. The first-order chi connectivity index (χ1) is 15.4. The minimum absolute atomic E-state index is 0.00863. The summed E-state index contributed by atoms with van der Waals surface area (Å²) in [6.07, 6.45) is 2.38. The van der Waals surface area contributed by atoms with E-state index in [0.717, 1.165) is 54.9 Å². The first kappa shape index (κ1) is 20.5. The standard InChI is InChI=1S/C22H19F3N4O3/c23-22(24,25)32-18-11-13(6-9-27-18)20(30)28-15-2-1-3-16-19(15)31-21(29-16)14-7-8-26-17(10-14)12-4-5-12/h6-12,15H,1-5H2,(H,28,30)/t15-/m1/s1. The molecule has 0 unspecified atom stereocenters. The Kier molecular flexibility index (Phi) is 5.07. The molecule has 0 spiro atoms. The number of carbonyl (C=O) groups is 1. The number of pyridine rings is 2. The normalized spacial score (nSPS) is 18.2. The zero-order valence-electron chi connectivity index (χ0n) is 16.9. The Morgan fingerprint density at radius 1 is 1.12 bits per heavy atom. The van der Waals surface area contributed by atoms with Gasteiger partial charge in [0.1, 0.15) is 5.76 Å². The Bertz CT molecular complexity index is 1160. The van der Waals surface area contributed by atoms with Crippen LogP contribution in [0.1, 0.15) is 65.1 Å². The van der Waals surface area contributed by atoms with Gasteiger partial charge >= 0.3 is 6.36 Å². The quantitative estimate of drug-likeness (QED) is 0.613. The van der Waals surface area contributed by atoms with Gasteiger partial charge in [-0.3, -0.25) is 9.78 Å². The van der Waals surface area contributed by atoms with Crippen molar-refractivity contribution in [3.05, 3.63) is 59.4 Å². The van der Waals surface area contributed by atoms with Crippen LogP contribution in [0.2, 0.25) is 0 Å². The third kappa shape index (κ3) is 4.44. The molecule has 166 valence electrons. The number of fused-ring (bicyclic) bond motifs is 1. The van der Waals surface area contributed by atoms with Crippen molar-refractivity contribution < 1.29 is 27.1 Å². The molecular weight excluding hydrogens is 425 g/mol. The highest BCUT2D eigenvalue weighted by atomic mass is 19.4. The van der Waals surface area contributed by atoms with Gasteiger partial charge in [-0.05, 0) is 50.3 Å². The number of carbonyl (C=O) groups excluding carboxylic acids is 1. The average molecular weight is 444 g/mol. The number of nitrogens with one attached hydrogen (secondary N) is 1. The molecule has 0 aromatic carbocycles. The molecule has 2 aliphatic rings. The molecule has 1 saturated carbocycles. The lowest BCUT2D eigenvalue weighted by Gasteiger charge is -2.21. The Labute approximate surface area is 181 Å². The number of oxazole rings is 1. The van der Waals surface area contributed by atoms with Gasteiger partial charge in [-0.2, -0.15) is 0 Å². The van der Waals surface area contributed by atoms with E-state index in [2.05, 4.69) is 25.0 Å². The molecule has 0 aliphatic heterocycles.